The zero-order valence-corrected chi connectivity index (χ0v) is 14.0. The van der Waals surface area contributed by atoms with Crippen LogP contribution in [0.15, 0.2) is 35.2 Å². The van der Waals surface area contributed by atoms with Crippen molar-refractivity contribution in [1.29, 1.82) is 0 Å². The SMILES string of the molecule is COc1cccc(NS(=O)(=O)c2c3c(cc4c2OCC4)OCC3)c1. The van der Waals surface area contributed by atoms with E-state index in [9.17, 15) is 8.42 Å². The van der Waals surface area contributed by atoms with E-state index < -0.39 is 10.0 Å². The zero-order chi connectivity index (χ0) is 16.7. The number of sulfonamides is 1. The quantitative estimate of drug-likeness (QED) is 0.919. The molecule has 126 valence electrons. The van der Waals surface area contributed by atoms with Gasteiger partial charge in [-0.25, -0.2) is 8.42 Å². The second kappa shape index (κ2) is 5.59. The smallest absolute Gasteiger partial charge is 0.266 e. The van der Waals surface area contributed by atoms with E-state index in [4.69, 9.17) is 14.2 Å². The summed E-state index contributed by atoms with van der Waals surface area (Å²) in [6, 6.07) is 8.71. The van der Waals surface area contributed by atoms with Crippen molar-refractivity contribution < 1.29 is 22.6 Å². The first-order chi connectivity index (χ1) is 11.6. The lowest BCUT2D eigenvalue weighted by Crippen LogP contribution is -2.16. The Labute approximate surface area is 140 Å². The van der Waals surface area contributed by atoms with E-state index in [2.05, 4.69) is 4.72 Å². The van der Waals surface area contributed by atoms with Crippen LogP contribution < -0.4 is 18.9 Å². The van der Waals surface area contributed by atoms with E-state index in [-0.39, 0.29) is 4.90 Å². The molecule has 4 rings (SSSR count). The van der Waals surface area contributed by atoms with Gasteiger partial charge in [0.25, 0.3) is 10.0 Å². The normalized spacial score (nSPS) is 15.2. The molecule has 0 unspecified atom stereocenters. The van der Waals surface area contributed by atoms with Gasteiger partial charge in [0, 0.05) is 30.0 Å². The first-order valence-corrected chi connectivity index (χ1v) is 9.18. The summed E-state index contributed by atoms with van der Waals surface area (Å²) in [5.41, 5.74) is 2.00. The number of hydrogen-bond acceptors (Lipinski definition) is 5. The van der Waals surface area contributed by atoms with E-state index in [1.165, 1.54) is 7.11 Å². The van der Waals surface area contributed by atoms with Gasteiger partial charge in [0.15, 0.2) is 0 Å². The van der Waals surface area contributed by atoms with Gasteiger partial charge in [0.2, 0.25) is 0 Å². The van der Waals surface area contributed by atoms with Crippen molar-refractivity contribution in [2.24, 2.45) is 0 Å². The molecule has 2 heterocycles. The summed E-state index contributed by atoms with van der Waals surface area (Å²) in [6.45, 7) is 0.972. The van der Waals surface area contributed by atoms with Crippen LogP contribution in [0.1, 0.15) is 11.1 Å². The summed E-state index contributed by atoms with van der Waals surface area (Å²) < 4.78 is 45.0. The van der Waals surface area contributed by atoms with Crippen molar-refractivity contribution in [3.8, 4) is 17.2 Å². The number of nitrogens with one attached hydrogen (secondary N) is 1. The molecule has 24 heavy (non-hydrogen) atoms. The molecular formula is C17H17NO5S. The van der Waals surface area contributed by atoms with Gasteiger partial charge < -0.3 is 14.2 Å². The summed E-state index contributed by atoms with van der Waals surface area (Å²) in [6.07, 6.45) is 1.24. The number of ether oxygens (including phenoxy) is 3. The average Bonchev–Trinajstić information content (AvgIpc) is 3.20. The van der Waals surface area contributed by atoms with Crippen molar-refractivity contribution >= 4 is 15.7 Å². The Bertz CT molecular complexity index is 875. The molecule has 0 saturated heterocycles. The van der Waals surface area contributed by atoms with Gasteiger partial charge in [-0.05, 0) is 18.2 Å². The summed E-state index contributed by atoms with van der Waals surface area (Å²) in [4.78, 5) is 0.202. The molecule has 0 saturated carbocycles. The molecule has 0 bridgehead atoms. The number of anilines is 1. The highest BCUT2D eigenvalue weighted by atomic mass is 32.2. The van der Waals surface area contributed by atoms with E-state index in [0.29, 0.717) is 54.6 Å². The Kier molecular flexibility index (Phi) is 3.53. The molecule has 6 nitrogen and oxygen atoms in total. The molecule has 0 amide bonds. The maximum atomic E-state index is 13.0. The fourth-order valence-electron chi connectivity index (χ4n) is 3.12. The Morgan fingerprint density at radius 3 is 2.79 bits per heavy atom. The molecule has 0 aliphatic carbocycles. The molecular weight excluding hydrogens is 330 g/mol. The Morgan fingerprint density at radius 1 is 1.12 bits per heavy atom. The van der Waals surface area contributed by atoms with Crippen LogP contribution in [0.2, 0.25) is 0 Å². The van der Waals surface area contributed by atoms with Crippen molar-refractivity contribution in [1.82, 2.24) is 0 Å². The van der Waals surface area contributed by atoms with Crippen LogP contribution in [0.25, 0.3) is 0 Å². The minimum atomic E-state index is -3.80. The van der Waals surface area contributed by atoms with Gasteiger partial charge in [0.05, 0.1) is 26.0 Å². The van der Waals surface area contributed by atoms with Crippen LogP contribution in [0, 0.1) is 0 Å². The topological polar surface area (TPSA) is 73.9 Å². The van der Waals surface area contributed by atoms with Crippen LogP contribution in [-0.4, -0.2) is 28.7 Å². The lowest BCUT2D eigenvalue weighted by molar-refractivity contribution is 0.348. The van der Waals surface area contributed by atoms with E-state index in [1.54, 1.807) is 24.3 Å². The third-order valence-corrected chi connectivity index (χ3v) is 5.67. The molecule has 2 aliphatic heterocycles. The monoisotopic (exact) mass is 347 g/mol. The van der Waals surface area contributed by atoms with Crippen molar-refractivity contribution in [2.45, 2.75) is 17.7 Å². The summed E-state index contributed by atoms with van der Waals surface area (Å²) in [5.74, 6) is 1.68. The van der Waals surface area contributed by atoms with Gasteiger partial charge in [-0.1, -0.05) is 6.07 Å². The summed E-state index contributed by atoms with van der Waals surface area (Å²) in [5, 5.41) is 0. The number of hydrogen-bond donors (Lipinski definition) is 1. The largest absolute Gasteiger partial charge is 0.497 e. The highest BCUT2D eigenvalue weighted by Gasteiger charge is 2.33. The van der Waals surface area contributed by atoms with Gasteiger partial charge in [-0.2, -0.15) is 0 Å². The fraction of sp³-hybridized carbons (Fsp3) is 0.294. The predicted molar refractivity (Wildman–Crippen MR) is 88.6 cm³/mol. The molecule has 1 N–H and O–H groups in total. The lowest BCUT2D eigenvalue weighted by atomic mass is 10.1. The first kappa shape index (κ1) is 15.1. The summed E-state index contributed by atoms with van der Waals surface area (Å²) in [7, 11) is -2.26. The fourth-order valence-corrected chi connectivity index (χ4v) is 4.62. The zero-order valence-electron chi connectivity index (χ0n) is 13.2. The summed E-state index contributed by atoms with van der Waals surface area (Å²) >= 11 is 0. The van der Waals surface area contributed by atoms with Gasteiger partial charge in [-0.3, -0.25) is 4.72 Å². The van der Waals surface area contributed by atoms with Crippen LogP contribution >= 0.6 is 0 Å². The van der Waals surface area contributed by atoms with Gasteiger partial charge in [-0.15, -0.1) is 0 Å². The molecule has 0 atom stereocenters. The number of benzene rings is 2. The lowest BCUT2D eigenvalue weighted by Gasteiger charge is -2.15. The molecule has 0 spiro atoms. The Balaban J connectivity index is 1.80. The second-order valence-electron chi connectivity index (χ2n) is 5.71. The van der Waals surface area contributed by atoms with Crippen molar-refractivity contribution in [3.63, 3.8) is 0 Å². The minimum Gasteiger partial charge on any atom is -0.497 e. The van der Waals surface area contributed by atoms with E-state index in [1.807, 2.05) is 6.07 Å². The molecule has 0 aromatic heterocycles. The highest BCUT2D eigenvalue weighted by molar-refractivity contribution is 7.92. The Morgan fingerprint density at radius 2 is 1.96 bits per heavy atom. The average molecular weight is 347 g/mol. The number of methoxy groups -OCH3 is 1. The maximum absolute atomic E-state index is 13.0. The maximum Gasteiger partial charge on any atom is 0.266 e. The highest BCUT2D eigenvalue weighted by Crippen LogP contribution is 2.43. The van der Waals surface area contributed by atoms with Gasteiger partial charge >= 0.3 is 0 Å². The van der Waals surface area contributed by atoms with E-state index >= 15 is 0 Å². The third kappa shape index (κ3) is 2.45. The Hall–Kier alpha value is -2.41. The molecule has 0 fully saturated rings. The van der Waals surface area contributed by atoms with Crippen molar-refractivity contribution in [3.05, 3.63) is 41.5 Å². The van der Waals surface area contributed by atoms with Crippen LogP contribution in [0.3, 0.4) is 0 Å². The number of rotatable bonds is 4. The molecule has 0 radical (unpaired) electrons. The van der Waals surface area contributed by atoms with E-state index in [0.717, 1.165) is 5.56 Å². The number of fused-ring (bicyclic) bond motifs is 2. The third-order valence-electron chi connectivity index (χ3n) is 4.19. The van der Waals surface area contributed by atoms with Crippen LogP contribution in [0.5, 0.6) is 17.2 Å². The second-order valence-corrected chi connectivity index (χ2v) is 7.32. The van der Waals surface area contributed by atoms with Gasteiger partial charge in [0.1, 0.15) is 22.1 Å². The van der Waals surface area contributed by atoms with Crippen LogP contribution in [0.4, 0.5) is 5.69 Å². The standard InChI is InChI=1S/C17H17NO5S/c1-21-13-4-2-3-12(10-13)18-24(19,20)17-14-6-8-22-15(14)9-11-5-7-23-16(11)17/h2-4,9-10,18H,5-8H2,1H3. The molecule has 7 heteroatoms. The van der Waals surface area contributed by atoms with Crippen molar-refractivity contribution in [2.75, 3.05) is 25.0 Å². The molecule has 2 aromatic rings. The predicted octanol–water partition coefficient (Wildman–Crippen LogP) is 2.37. The minimum absolute atomic E-state index is 0.202. The van der Waals surface area contributed by atoms with Crippen LogP contribution in [-0.2, 0) is 22.9 Å². The molecule has 2 aliphatic rings. The molecule has 2 aromatic carbocycles. The first-order valence-electron chi connectivity index (χ1n) is 7.70.